The van der Waals surface area contributed by atoms with E-state index >= 15 is 0 Å². The predicted molar refractivity (Wildman–Crippen MR) is 103 cm³/mol. The zero-order chi connectivity index (χ0) is 17.9. The Bertz CT molecular complexity index is 774. The molecule has 0 aliphatic carbocycles. The molecule has 0 unspecified atom stereocenters. The minimum atomic E-state index is 0.145. The zero-order valence-electron chi connectivity index (χ0n) is 15.2. The lowest BCUT2D eigenvalue weighted by molar-refractivity contribution is 0.0438. The summed E-state index contributed by atoms with van der Waals surface area (Å²) in [5.41, 5.74) is 0. The minimum Gasteiger partial charge on any atom is -0.378 e. The van der Waals surface area contributed by atoms with Gasteiger partial charge in [0, 0.05) is 44.1 Å². The van der Waals surface area contributed by atoms with E-state index in [0.717, 1.165) is 55.1 Å². The lowest BCUT2D eigenvalue weighted by Gasteiger charge is -2.32. The third kappa shape index (κ3) is 3.48. The summed E-state index contributed by atoms with van der Waals surface area (Å²) in [7, 11) is 0. The molecule has 140 valence electrons. The van der Waals surface area contributed by atoms with Crippen LogP contribution in [0.25, 0.3) is 10.2 Å². The summed E-state index contributed by atoms with van der Waals surface area (Å²) < 4.78 is 5.36. The van der Waals surface area contributed by atoms with E-state index < -0.39 is 0 Å². The second-order valence-corrected chi connectivity index (χ2v) is 7.81. The average Bonchev–Trinajstić information content (AvgIpc) is 2.97. The van der Waals surface area contributed by atoms with Gasteiger partial charge in [-0.05, 0) is 18.9 Å². The van der Waals surface area contributed by atoms with Crippen LogP contribution in [0.2, 0.25) is 0 Å². The molecule has 7 nitrogen and oxygen atoms in total. The number of ether oxygens (including phenoxy) is 1. The van der Waals surface area contributed by atoms with Gasteiger partial charge in [0.25, 0.3) is 0 Å². The van der Waals surface area contributed by atoms with Crippen LogP contribution in [0.1, 0.15) is 18.2 Å². The molecule has 0 N–H and O–H groups in total. The maximum absolute atomic E-state index is 12.8. The number of anilines is 1. The fraction of sp³-hybridized carbons (Fsp3) is 0.611. The van der Waals surface area contributed by atoms with Gasteiger partial charge in [0.15, 0.2) is 0 Å². The number of carbonyl (C=O) groups excluding carboxylic acids is 1. The summed E-state index contributed by atoms with van der Waals surface area (Å²) >= 11 is 1.74. The molecule has 4 rings (SSSR count). The highest BCUT2D eigenvalue weighted by Gasteiger charge is 2.26. The van der Waals surface area contributed by atoms with Crippen LogP contribution in [-0.4, -0.2) is 78.3 Å². The third-order valence-electron chi connectivity index (χ3n) is 5.06. The molecule has 0 atom stereocenters. The first kappa shape index (κ1) is 17.5. The summed E-state index contributed by atoms with van der Waals surface area (Å²) in [6, 6.07) is 2.36. The smallest absolute Gasteiger partial charge is 0.320 e. The Balaban J connectivity index is 1.48. The van der Waals surface area contributed by atoms with E-state index in [9.17, 15) is 4.79 Å². The quantitative estimate of drug-likeness (QED) is 0.805. The van der Waals surface area contributed by atoms with Gasteiger partial charge in [-0.25, -0.2) is 14.8 Å². The Morgan fingerprint density at radius 2 is 1.92 bits per heavy atom. The fourth-order valence-electron chi connectivity index (χ4n) is 3.59. The Morgan fingerprint density at radius 1 is 1.12 bits per heavy atom. The lowest BCUT2D eigenvalue weighted by Crippen LogP contribution is -2.49. The van der Waals surface area contributed by atoms with Crippen LogP contribution in [0.15, 0.2) is 12.4 Å². The Kier molecular flexibility index (Phi) is 5.21. The van der Waals surface area contributed by atoms with Crippen molar-refractivity contribution in [3.63, 3.8) is 0 Å². The van der Waals surface area contributed by atoms with Gasteiger partial charge < -0.3 is 19.4 Å². The number of urea groups is 1. The Labute approximate surface area is 157 Å². The molecular formula is C18H25N5O2S. The van der Waals surface area contributed by atoms with Crippen molar-refractivity contribution >= 4 is 33.4 Å². The molecule has 26 heavy (non-hydrogen) atoms. The number of morpholine rings is 1. The number of rotatable bonds is 2. The highest BCUT2D eigenvalue weighted by molar-refractivity contribution is 7.18. The number of carbonyl (C=O) groups is 1. The van der Waals surface area contributed by atoms with Gasteiger partial charge in [-0.2, -0.15) is 0 Å². The summed E-state index contributed by atoms with van der Waals surface area (Å²) in [6.07, 6.45) is 3.63. The van der Waals surface area contributed by atoms with Crippen molar-refractivity contribution in [1.29, 1.82) is 0 Å². The normalized spacial score (nSPS) is 19.0. The summed E-state index contributed by atoms with van der Waals surface area (Å²) in [6.45, 7) is 8.08. The highest BCUT2D eigenvalue weighted by atomic mass is 32.1. The van der Waals surface area contributed by atoms with Gasteiger partial charge in [0.1, 0.15) is 17.0 Å². The first-order valence-electron chi connectivity index (χ1n) is 9.36. The molecule has 2 saturated heterocycles. The molecule has 0 spiro atoms. The Morgan fingerprint density at radius 3 is 2.73 bits per heavy atom. The van der Waals surface area contributed by atoms with Crippen molar-refractivity contribution in [2.45, 2.75) is 19.8 Å². The number of fused-ring (bicyclic) bond motifs is 1. The number of aromatic nitrogens is 2. The molecule has 2 aliphatic heterocycles. The van der Waals surface area contributed by atoms with Crippen molar-refractivity contribution < 1.29 is 9.53 Å². The van der Waals surface area contributed by atoms with Crippen LogP contribution < -0.4 is 4.90 Å². The monoisotopic (exact) mass is 375 g/mol. The molecule has 0 radical (unpaired) electrons. The second kappa shape index (κ2) is 7.75. The van der Waals surface area contributed by atoms with Gasteiger partial charge >= 0.3 is 6.03 Å². The topological polar surface area (TPSA) is 61.8 Å². The molecular weight excluding hydrogens is 350 g/mol. The van der Waals surface area contributed by atoms with E-state index in [-0.39, 0.29) is 6.03 Å². The number of hydrogen-bond donors (Lipinski definition) is 0. The zero-order valence-corrected chi connectivity index (χ0v) is 16.0. The number of aryl methyl sites for hydroxylation is 1. The SMILES string of the molecule is CCc1cc2c(N3CCCN(C(=O)N4CCOCC4)CC3)ncnc2s1. The van der Waals surface area contributed by atoms with Crippen molar-refractivity contribution in [2.24, 2.45) is 0 Å². The second-order valence-electron chi connectivity index (χ2n) is 6.69. The maximum Gasteiger partial charge on any atom is 0.320 e. The number of nitrogens with zero attached hydrogens (tertiary/aromatic N) is 5. The largest absolute Gasteiger partial charge is 0.378 e. The Hall–Kier alpha value is -1.93. The van der Waals surface area contributed by atoms with Crippen molar-refractivity contribution in [3.8, 4) is 0 Å². The van der Waals surface area contributed by atoms with Gasteiger partial charge in [-0.15, -0.1) is 11.3 Å². The molecule has 2 fully saturated rings. The average molecular weight is 375 g/mol. The standard InChI is InChI=1S/C18H25N5O2S/c1-2-14-12-15-16(19-13-20-17(15)26-14)21-4-3-5-22(7-6-21)18(24)23-8-10-25-11-9-23/h12-13H,2-11H2,1H3. The third-order valence-corrected chi connectivity index (χ3v) is 6.24. The first-order valence-corrected chi connectivity index (χ1v) is 10.2. The van der Waals surface area contributed by atoms with Crippen LogP contribution in [0.5, 0.6) is 0 Å². The van der Waals surface area contributed by atoms with E-state index in [2.05, 4.69) is 27.9 Å². The van der Waals surface area contributed by atoms with Gasteiger partial charge in [-0.1, -0.05) is 6.92 Å². The van der Waals surface area contributed by atoms with Crippen LogP contribution >= 0.6 is 11.3 Å². The summed E-state index contributed by atoms with van der Waals surface area (Å²) in [5.74, 6) is 1.01. The van der Waals surface area contributed by atoms with Crippen molar-refractivity contribution in [3.05, 3.63) is 17.3 Å². The molecule has 0 saturated carbocycles. The van der Waals surface area contributed by atoms with E-state index in [1.165, 1.54) is 4.88 Å². The van der Waals surface area contributed by atoms with Gasteiger partial charge in [0.05, 0.1) is 18.6 Å². The lowest BCUT2D eigenvalue weighted by atomic mass is 10.3. The van der Waals surface area contributed by atoms with Crippen LogP contribution in [0.4, 0.5) is 10.6 Å². The summed E-state index contributed by atoms with van der Waals surface area (Å²) in [4.78, 5) is 30.3. The molecule has 2 aliphatic rings. The van der Waals surface area contributed by atoms with E-state index in [4.69, 9.17) is 4.74 Å². The van der Waals surface area contributed by atoms with Crippen molar-refractivity contribution in [1.82, 2.24) is 19.8 Å². The van der Waals surface area contributed by atoms with Crippen LogP contribution in [0, 0.1) is 0 Å². The summed E-state index contributed by atoms with van der Waals surface area (Å²) in [5, 5.41) is 1.14. The molecule has 2 aromatic heterocycles. The minimum absolute atomic E-state index is 0.145. The number of hydrogen-bond acceptors (Lipinski definition) is 6. The van der Waals surface area contributed by atoms with Gasteiger partial charge in [-0.3, -0.25) is 0 Å². The van der Waals surface area contributed by atoms with E-state index in [0.29, 0.717) is 26.3 Å². The molecule has 8 heteroatoms. The van der Waals surface area contributed by atoms with Crippen LogP contribution in [-0.2, 0) is 11.2 Å². The van der Waals surface area contributed by atoms with E-state index in [1.807, 2.05) is 9.80 Å². The fourth-order valence-corrected chi connectivity index (χ4v) is 4.52. The number of amides is 2. The molecule has 0 aromatic carbocycles. The van der Waals surface area contributed by atoms with E-state index in [1.54, 1.807) is 17.7 Å². The first-order chi connectivity index (χ1) is 12.8. The number of thiophene rings is 1. The highest BCUT2D eigenvalue weighted by Crippen LogP contribution is 2.31. The predicted octanol–water partition coefficient (Wildman–Crippen LogP) is 2.22. The molecule has 2 aromatic rings. The van der Waals surface area contributed by atoms with Crippen LogP contribution in [0.3, 0.4) is 0 Å². The maximum atomic E-state index is 12.8. The molecule has 0 bridgehead atoms. The van der Waals surface area contributed by atoms with Crippen molar-refractivity contribution in [2.75, 3.05) is 57.4 Å². The van der Waals surface area contributed by atoms with Gasteiger partial charge in [0.2, 0.25) is 0 Å². The molecule has 2 amide bonds. The molecule has 4 heterocycles.